The summed E-state index contributed by atoms with van der Waals surface area (Å²) in [6, 6.07) is 11.3. The predicted molar refractivity (Wildman–Crippen MR) is 113 cm³/mol. The molecule has 8 nitrogen and oxygen atoms in total. The number of para-hydroxylation sites is 2. The molecule has 0 aliphatic carbocycles. The number of hydrogen-bond donors (Lipinski definition) is 2. The van der Waals surface area contributed by atoms with E-state index in [0.717, 1.165) is 28.4 Å². The van der Waals surface area contributed by atoms with Gasteiger partial charge in [-0.15, -0.1) is 0 Å². The van der Waals surface area contributed by atoms with Crippen molar-refractivity contribution in [2.24, 2.45) is 7.05 Å². The number of furan rings is 1. The van der Waals surface area contributed by atoms with Crippen LogP contribution in [0.4, 0.5) is 0 Å². The highest BCUT2D eigenvalue weighted by Crippen LogP contribution is 2.16. The van der Waals surface area contributed by atoms with Crippen molar-refractivity contribution in [2.75, 3.05) is 19.6 Å². The van der Waals surface area contributed by atoms with Crippen molar-refractivity contribution in [3.8, 4) is 0 Å². The van der Waals surface area contributed by atoms with Gasteiger partial charge in [0.05, 0.1) is 30.0 Å². The first-order chi connectivity index (χ1) is 14.5. The van der Waals surface area contributed by atoms with Crippen molar-refractivity contribution < 1.29 is 14.0 Å². The summed E-state index contributed by atoms with van der Waals surface area (Å²) in [6.45, 7) is 4.13. The Kier molecular flexibility index (Phi) is 5.85. The second-order valence-electron chi connectivity index (χ2n) is 7.67. The molecule has 0 saturated carbocycles. The number of imidazole rings is 1. The fourth-order valence-corrected chi connectivity index (χ4v) is 3.92. The molecule has 4 rings (SSSR count). The quantitative estimate of drug-likeness (QED) is 0.617. The smallest absolute Gasteiger partial charge is 0.237 e. The molecular formula is C22H27N5O3. The number of piperazine rings is 1. The summed E-state index contributed by atoms with van der Waals surface area (Å²) in [5.41, 5.74) is 2.02. The molecule has 1 aliphatic heterocycles. The van der Waals surface area contributed by atoms with Gasteiger partial charge >= 0.3 is 0 Å². The van der Waals surface area contributed by atoms with Gasteiger partial charge in [0.1, 0.15) is 17.3 Å². The van der Waals surface area contributed by atoms with Crippen molar-refractivity contribution >= 4 is 22.8 Å². The number of hydrogen-bond acceptors (Lipinski definition) is 5. The van der Waals surface area contributed by atoms with Crippen molar-refractivity contribution in [2.45, 2.75) is 32.4 Å². The highest BCUT2D eigenvalue weighted by atomic mass is 16.3. The fourth-order valence-electron chi connectivity index (χ4n) is 3.92. The lowest BCUT2D eigenvalue weighted by atomic mass is 10.1. The minimum atomic E-state index is -0.500. The monoisotopic (exact) mass is 409 g/mol. The van der Waals surface area contributed by atoms with Gasteiger partial charge in [0.25, 0.3) is 0 Å². The molecule has 0 spiro atoms. The summed E-state index contributed by atoms with van der Waals surface area (Å²) in [4.78, 5) is 31.6. The maximum absolute atomic E-state index is 12.5. The normalized spacial score (nSPS) is 17.3. The van der Waals surface area contributed by atoms with E-state index in [-0.39, 0.29) is 18.2 Å². The average Bonchev–Trinajstić information content (AvgIpc) is 3.28. The number of nitrogens with one attached hydrogen (secondary N) is 2. The molecule has 3 aromatic rings. The van der Waals surface area contributed by atoms with Gasteiger partial charge in [-0.2, -0.15) is 0 Å². The molecule has 158 valence electrons. The van der Waals surface area contributed by atoms with Gasteiger partial charge in [0.15, 0.2) is 0 Å². The van der Waals surface area contributed by atoms with Crippen LogP contribution in [-0.4, -0.2) is 51.9 Å². The lowest BCUT2D eigenvalue weighted by Gasteiger charge is -2.34. The molecule has 1 aliphatic rings. The molecule has 0 bridgehead atoms. The van der Waals surface area contributed by atoms with Gasteiger partial charge in [0, 0.05) is 33.1 Å². The van der Waals surface area contributed by atoms with Crippen LogP contribution in [0.25, 0.3) is 11.0 Å². The number of aromatic nitrogens is 2. The largest absolute Gasteiger partial charge is 0.465 e. The van der Waals surface area contributed by atoms with Gasteiger partial charge in [-0.05, 0) is 31.2 Å². The van der Waals surface area contributed by atoms with Gasteiger partial charge in [0.2, 0.25) is 11.8 Å². The molecule has 8 heteroatoms. The Balaban J connectivity index is 1.33. The first-order valence-electron chi connectivity index (χ1n) is 10.3. The number of fused-ring (bicyclic) bond motifs is 1. The average molecular weight is 409 g/mol. The van der Waals surface area contributed by atoms with E-state index in [1.165, 1.54) is 0 Å². The van der Waals surface area contributed by atoms with Crippen molar-refractivity contribution in [1.29, 1.82) is 0 Å². The Morgan fingerprint density at radius 2 is 2.13 bits per heavy atom. The van der Waals surface area contributed by atoms with Crippen LogP contribution < -0.4 is 10.6 Å². The lowest BCUT2D eigenvalue weighted by molar-refractivity contribution is -0.134. The molecule has 2 aromatic heterocycles. The van der Waals surface area contributed by atoms with E-state index < -0.39 is 6.04 Å². The number of carbonyl (C=O) groups excluding carboxylic acids is 2. The zero-order valence-electron chi connectivity index (χ0n) is 17.4. The third-order valence-electron chi connectivity index (χ3n) is 5.53. The second kappa shape index (κ2) is 8.71. The Morgan fingerprint density at radius 1 is 1.30 bits per heavy atom. The maximum atomic E-state index is 12.5. The van der Waals surface area contributed by atoms with Gasteiger partial charge in [-0.1, -0.05) is 12.1 Å². The van der Waals surface area contributed by atoms with E-state index >= 15 is 0 Å². The Bertz CT molecular complexity index is 1050. The standard InChI is InChI=1S/C22H27N5O3/c1-15-7-8-16(30-15)14-27-12-11-24-22(29)19(27)13-21(28)23-10-9-20-25-17-5-3-4-6-18(17)26(20)2/h3-8,19H,9-14H2,1-2H3,(H,23,28)(H,24,29). The first kappa shape index (κ1) is 20.2. The van der Waals surface area contributed by atoms with Crippen LogP contribution in [-0.2, 0) is 29.6 Å². The number of nitrogens with zero attached hydrogens (tertiary/aromatic N) is 3. The summed E-state index contributed by atoms with van der Waals surface area (Å²) < 4.78 is 7.69. The van der Waals surface area contributed by atoms with Crippen LogP contribution in [0.5, 0.6) is 0 Å². The van der Waals surface area contributed by atoms with Gasteiger partial charge < -0.3 is 19.6 Å². The molecule has 2 N–H and O–H groups in total. The van der Waals surface area contributed by atoms with Crippen LogP contribution in [0.15, 0.2) is 40.8 Å². The van der Waals surface area contributed by atoms with Crippen LogP contribution in [0.2, 0.25) is 0 Å². The van der Waals surface area contributed by atoms with E-state index in [4.69, 9.17) is 4.42 Å². The third kappa shape index (κ3) is 4.38. The Hall–Kier alpha value is -3.13. The van der Waals surface area contributed by atoms with Gasteiger partial charge in [-0.25, -0.2) is 4.98 Å². The first-order valence-corrected chi connectivity index (χ1v) is 10.3. The zero-order chi connectivity index (χ0) is 21.1. The highest BCUT2D eigenvalue weighted by Gasteiger charge is 2.32. The molecule has 0 radical (unpaired) electrons. The van der Waals surface area contributed by atoms with Crippen LogP contribution >= 0.6 is 0 Å². The van der Waals surface area contributed by atoms with E-state index in [1.54, 1.807) is 0 Å². The molecule has 1 atom stereocenters. The van der Waals surface area contributed by atoms with Crippen LogP contribution in [0.3, 0.4) is 0 Å². The van der Waals surface area contributed by atoms with E-state index in [1.807, 2.05) is 59.8 Å². The van der Waals surface area contributed by atoms with Gasteiger partial charge in [-0.3, -0.25) is 14.5 Å². The minimum Gasteiger partial charge on any atom is -0.465 e. The highest BCUT2D eigenvalue weighted by molar-refractivity contribution is 5.88. The molecule has 2 amide bonds. The van der Waals surface area contributed by atoms with Crippen molar-refractivity contribution in [3.63, 3.8) is 0 Å². The molecule has 30 heavy (non-hydrogen) atoms. The Labute approximate surface area is 175 Å². The van der Waals surface area contributed by atoms with Crippen molar-refractivity contribution in [3.05, 3.63) is 53.7 Å². The number of benzene rings is 1. The molecule has 1 fully saturated rings. The molecular weight excluding hydrogens is 382 g/mol. The number of amides is 2. The summed E-state index contributed by atoms with van der Waals surface area (Å²) in [5.74, 6) is 2.30. The number of carbonyl (C=O) groups is 2. The third-order valence-corrected chi connectivity index (χ3v) is 5.53. The Morgan fingerprint density at radius 3 is 2.90 bits per heavy atom. The maximum Gasteiger partial charge on any atom is 0.237 e. The summed E-state index contributed by atoms with van der Waals surface area (Å²) in [7, 11) is 1.98. The number of aryl methyl sites for hydroxylation is 2. The molecule has 1 saturated heterocycles. The summed E-state index contributed by atoms with van der Waals surface area (Å²) in [6.07, 6.45) is 0.747. The van der Waals surface area contributed by atoms with E-state index in [0.29, 0.717) is 32.6 Å². The summed E-state index contributed by atoms with van der Waals surface area (Å²) in [5, 5.41) is 5.79. The minimum absolute atomic E-state index is 0.116. The van der Waals surface area contributed by atoms with E-state index in [9.17, 15) is 9.59 Å². The topological polar surface area (TPSA) is 92.4 Å². The van der Waals surface area contributed by atoms with Crippen molar-refractivity contribution in [1.82, 2.24) is 25.1 Å². The van der Waals surface area contributed by atoms with E-state index in [2.05, 4.69) is 15.6 Å². The zero-order valence-corrected chi connectivity index (χ0v) is 17.4. The second-order valence-corrected chi connectivity index (χ2v) is 7.67. The van der Waals surface area contributed by atoms with Crippen LogP contribution in [0.1, 0.15) is 23.8 Å². The summed E-state index contributed by atoms with van der Waals surface area (Å²) >= 11 is 0. The fraction of sp³-hybridized carbons (Fsp3) is 0.409. The lowest BCUT2D eigenvalue weighted by Crippen LogP contribution is -2.56. The van der Waals surface area contributed by atoms with Crippen LogP contribution in [0, 0.1) is 6.92 Å². The predicted octanol–water partition coefficient (Wildman–Crippen LogP) is 1.52. The number of rotatable bonds is 7. The SMILES string of the molecule is Cc1ccc(CN2CCNC(=O)C2CC(=O)NCCc2nc3ccccc3n2C)o1. The molecule has 1 aromatic carbocycles. The molecule has 1 unspecified atom stereocenters. The molecule has 3 heterocycles.